The summed E-state index contributed by atoms with van der Waals surface area (Å²) in [5.41, 5.74) is 0. The lowest BCUT2D eigenvalue weighted by molar-refractivity contribution is -0.140. The zero-order valence-corrected chi connectivity index (χ0v) is 9.98. The summed E-state index contributed by atoms with van der Waals surface area (Å²) in [6.45, 7) is 2.22. The first-order chi connectivity index (χ1) is 7.66. The molecule has 4 heteroatoms. The molecule has 2 rings (SSSR count). The second kappa shape index (κ2) is 5.15. The van der Waals surface area contributed by atoms with Crippen molar-refractivity contribution in [3.05, 3.63) is 0 Å². The molecule has 2 unspecified atom stereocenters. The Hall–Kier alpha value is -0.610. The van der Waals surface area contributed by atoms with E-state index < -0.39 is 5.97 Å². The molecule has 2 N–H and O–H groups in total. The van der Waals surface area contributed by atoms with Crippen LogP contribution in [0.5, 0.6) is 0 Å². The molecule has 1 saturated carbocycles. The summed E-state index contributed by atoms with van der Waals surface area (Å²) in [5, 5.41) is 12.5. The smallest absolute Gasteiger partial charge is 0.320 e. The molecule has 0 aromatic heterocycles. The molecule has 4 nitrogen and oxygen atoms in total. The van der Waals surface area contributed by atoms with E-state index in [9.17, 15) is 4.79 Å². The highest BCUT2D eigenvalue weighted by Crippen LogP contribution is 2.33. The maximum absolute atomic E-state index is 11.1. The van der Waals surface area contributed by atoms with Gasteiger partial charge in [-0.1, -0.05) is 0 Å². The first-order valence-corrected chi connectivity index (χ1v) is 6.34. The third kappa shape index (κ3) is 3.19. The van der Waals surface area contributed by atoms with Crippen molar-refractivity contribution in [2.75, 3.05) is 20.1 Å². The minimum atomic E-state index is -0.667. The van der Waals surface area contributed by atoms with Crippen molar-refractivity contribution in [2.45, 2.75) is 44.2 Å². The molecular weight excluding hydrogens is 204 g/mol. The van der Waals surface area contributed by atoms with Crippen LogP contribution in [0.2, 0.25) is 0 Å². The van der Waals surface area contributed by atoms with Crippen molar-refractivity contribution in [3.63, 3.8) is 0 Å². The fourth-order valence-electron chi connectivity index (χ4n) is 2.50. The van der Waals surface area contributed by atoms with E-state index in [1.165, 1.54) is 6.42 Å². The monoisotopic (exact) mass is 226 g/mol. The maximum Gasteiger partial charge on any atom is 0.320 e. The molecule has 0 spiro atoms. The minimum absolute atomic E-state index is 0.298. The van der Waals surface area contributed by atoms with Crippen LogP contribution in [0, 0.1) is 5.92 Å². The molecule has 0 aromatic carbocycles. The molecule has 0 amide bonds. The number of carbonyl (C=O) groups is 1. The largest absolute Gasteiger partial charge is 0.480 e. The van der Waals surface area contributed by atoms with Crippen LogP contribution < -0.4 is 5.32 Å². The van der Waals surface area contributed by atoms with Gasteiger partial charge in [0.2, 0.25) is 0 Å². The van der Waals surface area contributed by atoms with Gasteiger partial charge in [-0.25, -0.2) is 0 Å². The topological polar surface area (TPSA) is 52.6 Å². The van der Waals surface area contributed by atoms with E-state index in [0.29, 0.717) is 12.0 Å². The van der Waals surface area contributed by atoms with Gasteiger partial charge in [-0.15, -0.1) is 0 Å². The molecule has 0 bridgehead atoms. The van der Waals surface area contributed by atoms with Gasteiger partial charge < -0.3 is 15.3 Å². The Morgan fingerprint density at radius 2 is 2.06 bits per heavy atom. The summed E-state index contributed by atoms with van der Waals surface area (Å²) in [6, 6.07) is 0.0973. The highest BCUT2D eigenvalue weighted by atomic mass is 16.4. The summed E-state index contributed by atoms with van der Waals surface area (Å²) < 4.78 is 0. The Balaban J connectivity index is 1.84. The number of rotatable bonds is 4. The third-order valence-electron chi connectivity index (χ3n) is 3.73. The van der Waals surface area contributed by atoms with Crippen molar-refractivity contribution in [1.82, 2.24) is 10.2 Å². The molecule has 16 heavy (non-hydrogen) atoms. The van der Waals surface area contributed by atoms with Gasteiger partial charge >= 0.3 is 5.97 Å². The maximum atomic E-state index is 11.1. The summed E-state index contributed by atoms with van der Waals surface area (Å²) in [6.07, 6.45) is 5.52. The van der Waals surface area contributed by atoms with Crippen LogP contribution >= 0.6 is 0 Å². The number of carboxylic acids is 1. The van der Waals surface area contributed by atoms with Crippen LogP contribution in [-0.2, 0) is 4.79 Å². The molecule has 0 radical (unpaired) electrons. The van der Waals surface area contributed by atoms with Crippen LogP contribution in [0.15, 0.2) is 0 Å². The second-order valence-electron chi connectivity index (χ2n) is 5.25. The van der Waals surface area contributed by atoms with Crippen molar-refractivity contribution in [1.29, 1.82) is 0 Å². The molecule has 1 saturated heterocycles. The van der Waals surface area contributed by atoms with Crippen LogP contribution in [0.25, 0.3) is 0 Å². The van der Waals surface area contributed by atoms with Gasteiger partial charge in [-0.05, 0) is 58.2 Å². The zero-order valence-electron chi connectivity index (χ0n) is 9.98. The molecule has 1 aliphatic heterocycles. The molecule has 1 aliphatic carbocycles. The van der Waals surface area contributed by atoms with Crippen LogP contribution in [0.4, 0.5) is 0 Å². The van der Waals surface area contributed by atoms with Crippen molar-refractivity contribution in [3.8, 4) is 0 Å². The van der Waals surface area contributed by atoms with Gasteiger partial charge in [0.15, 0.2) is 0 Å². The van der Waals surface area contributed by atoms with Gasteiger partial charge in [0.05, 0.1) is 0 Å². The van der Waals surface area contributed by atoms with E-state index in [0.717, 1.165) is 38.8 Å². The Morgan fingerprint density at radius 3 is 2.69 bits per heavy atom. The van der Waals surface area contributed by atoms with E-state index in [-0.39, 0.29) is 6.04 Å². The number of nitrogens with zero attached hydrogens (tertiary/aromatic N) is 1. The molecule has 2 atom stereocenters. The number of aliphatic carboxylic acids is 1. The lowest BCUT2D eigenvalue weighted by atomic mass is 10.1. The second-order valence-corrected chi connectivity index (χ2v) is 5.25. The highest BCUT2D eigenvalue weighted by molar-refractivity contribution is 5.74. The van der Waals surface area contributed by atoms with Gasteiger partial charge in [-0.3, -0.25) is 4.79 Å². The predicted molar refractivity (Wildman–Crippen MR) is 62.4 cm³/mol. The van der Waals surface area contributed by atoms with Crippen LogP contribution in [0.1, 0.15) is 32.1 Å². The van der Waals surface area contributed by atoms with E-state index in [1.54, 1.807) is 0 Å². The Kier molecular flexibility index (Phi) is 3.82. The standard InChI is InChI=1S/C12H22N2O2/c1-14-7-2-3-10(6-8-14)13-11(12(15)16)9-4-5-9/h9-11,13H,2-8H2,1H3,(H,15,16). The summed E-state index contributed by atoms with van der Waals surface area (Å²) in [4.78, 5) is 13.5. The average molecular weight is 226 g/mol. The lowest BCUT2D eigenvalue weighted by Crippen LogP contribution is -2.45. The SMILES string of the molecule is CN1CCCC(NC(C(=O)O)C2CC2)CC1. The third-order valence-corrected chi connectivity index (χ3v) is 3.73. The molecular formula is C12H22N2O2. The highest BCUT2D eigenvalue weighted by Gasteiger charge is 2.37. The van der Waals surface area contributed by atoms with Crippen LogP contribution in [0.3, 0.4) is 0 Å². The average Bonchev–Trinajstić information content (AvgIpc) is 3.02. The summed E-state index contributed by atoms with van der Waals surface area (Å²) in [7, 11) is 2.14. The van der Waals surface area contributed by atoms with Gasteiger partial charge in [0, 0.05) is 6.04 Å². The van der Waals surface area contributed by atoms with Crippen molar-refractivity contribution < 1.29 is 9.90 Å². The summed E-state index contributed by atoms with van der Waals surface area (Å²) in [5.74, 6) is -0.279. The summed E-state index contributed by atoms with van der Waals surface area (Å²) >= 11 is 0. The first kappa shape index (κ1) is 11.9. The predicted octanol–water partition coefficient (Wildman–Crippen LogP) is 0.923. The van der Waals surface area contributed by atoms with E-state index in [1.807, 2.05) is 0 Å². The Bertz CT molecular complexity index is 253. The van der Waals surface area contributed by atoms with Gasteiger partial charge in [-0.2, -0.15) is 0 Å². The quantitative estimate of drug-likeness (QED) is 0.748. The van der Waals surface area contributed by atoms with E-state index in [4.69, 9.17) is 5.11 Å². The Morgan fingerprint density at radius 1 is 1.31 bits per heavy atom. The number of carboxylic acid groups (broad SMARTS) is 1. The molecule has 2 aliphatic rings. The number of nitrogens with one attached hydrogen (secondary N) is 1. The lowest BCUT2D eigenvalue weighted by Gasteiger charge is -2.22. The molecule has 2 fully saturated rings. The minimum Gasteiger partial charge on any atom is -0.480 e. The first-order valence-electron chi connectivity index (χ1n) is 6.34. The van der Waals surface area contributed by atoms with E-state index in [2.05, 4.69) is 17.3 Å². The van der Waals surface area contributed by atoms with Gasteiger partial charge in [0.25, 0.3) is 0 Å². The number of hydrogen-bond acceptors (Lipinski definition) is 3. The fraction of sp³-hybridized carbons (Fsp3) is 0.917. The van der Waals surface area contributed by atoms with Gasteiger partial charge in [0.1, 0.15) is 6.04 Å². The fourth-order valence-corrected chi connectivity index (χ4v) is 2.50. The van der Waals surface area contributed by atoms with Crippen LogP contribution in [-0.4, -0.2) is 48.2 Å². The number of likely N-dealkylation sites (tertiary alicyclic amines) is 1. The molecule has 1 heterocycles. The zero-order chi connectivity index (χ0) is 11.5. The Labute approximate surface area is 97.0 Å². The van der Waals surface area contributed by atoms with Crippen molar-refractivity contribution in [2.24, 2.45) is 5.92 Å². The normalized spacial score (nSPS) is 29.7. The number of hydrogen-bond donors (Lipinski definition) is 2. The molecule has 92 valence electrons. The molecule has 0 aromatic rings. The van der Waals surface area contributed by atoms with Crippen molar-refractivity contribution >= 4 is 5.97 Å². The van der Waals surface area contributed by atoms with E-state index >= 15 is 0 Å².